The predicted molar refractivity (Wildman–Crippen MR) is 72.7 cm³/mol. The molecule has 0 bridgehead atoms. The Hall–Kier alpha value is -1.78. The first-order valence-electron chi connectivity index (χ1n) is 6.22. The molecule has 0 spiro atoms. The number of rotatable bonds is 6. The minimum atomic E-state index is -0.269. The van der Waals surface area contributed by atoms with Gasteiger partial charge in [0.1, 0.15) is 0 Å². The van der Waals surface area contributed by atoms with Crippen LogP contribution in [0.15, 0.2) is 48.8 Å². The molecule has 0 saturated carbocycles. The summed E-state index contributed by atoms with van der Waals surface area (Å²) < 4.78 is 10.6. The fraction of sp³-hybridized carbons (Fsp3) is 0.333. The van der Waals surface area contributed by atoms with E-state index in [4.69, 9.17) is 9.47 Å². The second-order valence-electron chi connectivity index (χ2n) is 4.20. The molecular weight excluding hydrogens is 240 g/mol. The largest absolute Gasteiger partial charge is 0.356 e. The molecule has 19 heavy (non-hydrogen) atoms. The van der Waals surface area contributed by atoms with E-state index in [0.717, 1.165) is 11.4 Å². The molecule has 0 aliphatic heterocycles. The molecule has 4 heteroatoms. The molecule has 2 aromatic rings. The first-order valence-corrected chi connectivity index (χ1v) is 6.22. The van der Waals surface area contributed by atoms with E-state index < -0.39 is 0 Å². The fourth-order valence-corrected chi connectivity index (χ4v) is 2.04. The molecule has 0 aromatic carbocycles. The standard InChI is InChI=1S/C15H18N2O2/c1-18-15(19-2)11-12(13-7-3-5-9-16-13)14-8-4-6-10-17-14/h3-10,12,15H,11H2,1-2H3. The van der Waals surface area contributed by atoms with Gasteiger partial charge in [-0.2, -0.15) is 0 Å². The molecule has 0 fully saturated rings. The average Bonchev–Trinajstić information content (AvgIpc) is 2.50. The summed E-state index contributed by atoms with van der Waals surface area (Å²) in [6, 6.07) is 11.8. The second kappa shape index (κ2) is 6.97. The molecule has 0 saturated heterocycles. The SMILES string of the molecule is COC(CC(c1ccccn1)c1ccccn1)OC. The van der Waals surface area contributed by atoms with Crippen molar-refractivity contribution in [3.63, 3.8) is 0 Å². The Morgan fingerprint density at radius 3 is 1.79 bits per heavy atom. The van der Waals surface area contributed by atoms with Gasteiger partial charge in [-0.05, 0) is 24.3 Å². The third-order valence-corrected chi connectivity index (χ3v) is 3.04. The van der Waals surface area contributed by atoms with E-state index >= 15 is 0 Å². The lowest BCUT2D eigenvalue weighted by molar-refractivity contribution is -0.108. The predicted octanol–water partition coefficient (Wildman–Crippen LogP) is 2.62. The van der Waals surface area contributed by atoms with Gasteiger partial charge in [-0.3, -0.25) is 9.97 Å². The molecule has 0 aliphatic rings. The van der Waals surface area contributed by atoms with Crippen molar-refractivity contribution in [1.82, 2.24) is 9.97 Å². The zero-order chi connectivity index (χ0) is 13.5. The van der Waals surface area contributed by atoms with Gasteiger partial charge in [0.15, 0.2) is 6.29 Å². The number of ether oxygens (including phenoxy) is 2. The number of hydrogen-bond acceptors (Lipinski definition) is 4. The van der Waals surface area contributed by atoms with Gasteiger partial charge < -0.3 is 9.47 Å². The maximum Gasteiger partial charge on any atom is 0.157 e. The van der Waals surface area contributed by atoms with Gasteiger partial charge in [0.25, 0.3) is 0 Å². The molecule has 2 heterocycles. The third kappa shape index (κ3) is 3.59. The van der Waals surface area contributed by atoms with E-state index in [1.54, 1.807) is 26.6 Å². The lowest BCUT2D eigenvalue weighted by Gasteiger charge is -2.21. The number of hydrogen-bond donors (Lipinski definition) is 0. The zero-order valence-electron chi connectivity index (χ0n) is 11.2. The van der Waals surface area contributed by atoms with E-state index in [0.29, 0.717) is 6.42 Å². The Morgan fingerprint density at radius 2 is 1.42 bits per heavy atom. The summed E-state index contributed by atoms with van der Waals surface area (Å²) in [4.78, 5) is 8.85. The van der Waals surface area contributed by atoms with Crippen LogP contribution >= 0.6 is 0 Å². The van der Waals surface area contributed by atoms with Crippen LogP contribution in [0.2, 0.25) is 0 Å². The molecule has 0 aliphatic carbocycles. The van der Waals surface area contributed by atoms with Crippen molar-refractivity contribution in [3.8, 4) is 0 Å². The minimum absolute atomic E-state index is 0.0623. The van der Waals surface area contributed by atoms with Crippen LogP contribution in [0.3, 0.4) is 0 Å². The molecule has 0 atom stereocenters. The van der Waals surface area contributed by atoms with Crippen LogP contribution in [0.4, 0.5) is 0 Å². The molecule has 0 radical (unpaired) electrons. The minimum Gasteiger partial charge on any atom is -0.356 e. The van der Waals surface area contributed by atoms with Gasteiger partial charge in [-0.25, -0.2) is 0 Å². The smallest absolute Gasteiger partial charge is 0.157 e. The molecule has 0 unspecified atom stereocenters. The fourth-order valence-electron chi connectivity index (χ4n) is 2.04. The van der Waals surface area contributed by atoms with Gasteiger partial charge in [0.05, 0.1) is 0 Å². The molecule has 2 rings (SSSR count). The van der Waals surface area contributed by atoms with Gasteiger partial charge >= 0.3 is 0 Å². The Labute approximate surface area is 113 Å². The van der Waals surface area contributed by atoms with Crippen molar-refractivity contribution < 1.29 is 9.47 Å². The number of nitrogens with zero attached hydrogens (tertiary/aromatic N) is 2. The Balaban J connectivity index is 2.29. The first kappa shape index (κ1) is 13.6. The molecule has 0 N–H and O–H groups in total. The van der Waals surface area contributed by atoms with Crippen molar-refractivity contribution >= 4 is 0 Å². The summed E-state index contributed by atoms with van der Waals surface area (Å²) in [6.07, 6.45) is 4.00. The highest BCUT2D eigenvalue weighted by Gasteiger charge is 2.21. The van der Waals surface area contributed by atoms with Crippen molar-refractivity contribution in [2.75, 3.05) is 14.2 Å². The van der Waals surface area contributed by atoms with E-state index in [-0.39, 0.29) is 12.2 Å². The highest BCUT2D eigenvalue weighted by Crippen LogP contribution is 2.27. The number of pyridine rings is 2. The van der Waals surface area contributed by atoms with Crippen molar-refractivity contribution in [3.05, 3.63) is 60.2 Å². The molecule has 4 nitrogen and oxygen atoms in total. The highest BCUT2D eigenvalue weighted by atomic mass is 16.7. The van der Waals surface area contributed by atoms with E-state index in [1.165, 1.54) is 0 Å². The average molecular weight is 258 g/mol. The number of aromatic nitrogens is 2. The zero-order valence-corrected chi connectivity index (χ0v) is 11.2. The Bertz CT molecular complexity index is 433. The summed E-state index contributed by atoms with van der Waals surface area (Å²) in [6.45, 7) is 0. The van der Waals surface area contributed by atoms with Gasteiger partial charge in [0, 0.05) is 50.3 Å². The molecule has 2 aromatic heterocycles. The second-order valence-corrected chi connectivity index (χ2v) is 4.20. The Morgan fingerprint density at radius 1 is 0.895 bits per heavy atom. The number of methoxy groups -OCH3 is 2. The third-order valence-electron chi connectivity index (χ3n) is 3.04. The van der Waals surface area contributed by atoms with E-state index in [2.05, 4.69) is 9.97 Å². The normalized spacial score (nSPS) is 11.2. The lowest BCUT2D eigenvalue weighted by Crippen LogP contribution is -2.19. The Kier molecular flexibility index (Phi) is 5.01. The molecule has 0 amide bonds. The van der Waals surface area contributed by atoms with Crippen LogP contribution in [0.1, 0.15) is 23.7 Å². The van der Waals surface area contributed by atoms with Gasteiger partial charge in [0.2, 0.25) is 0 Å². The van der Waals surface area contributed by atoms with E-state index in [9.17, 15) is 0 Å². The van der Waals surface area contributed by atoms with Crippen molar-refractivity contribution in [2.24, 2.45) is 0 Å². The molecule has 100 valence electrons. The molecular formula is C15H18N2O2. The summed E-state index contributed by atoms with van der Waals surface area (Å²) in [5.74, 6) is 0.0623. The monoisotopic (exact) mass is 258 g/mol. The summed E-state index contributed by atoms with van der Waals surface area (Å²) in [5.41, 5.74) is 1.95. The highest BCUT2D eigenvalue weighted by molar-refractivity contribution is 5.22. The van der Waals surface area contributed by atoms with Gasteiger partial charge in [-0.1, -0.05) is 12.1 Å². The first-order chi connectivity index (χ1) is 9.35. The van der Waals surface area contributed by atoms with Crippen LogP contribution < -0.4 is 0 Å². The maximum absolute atomic E-state index is 5.30. The summed E-state index contributed by atoms with van der Waals surface area (Å²) in [7, 11) is 3.28. The topological polar surface area (TPSA) is 44.2 Å². The maximum atomic E-state index is 5.30. The van der Waals surface area contributed by atoms with Crippen LogP contribution in [0.5, 0.6) is 0 Å². The van der Waals surface area contributed by atoms with Crippen molar-refractivity contribution in [2.45, 2.75) is 18.6 Å². The van der Waals surface area contributed by atoms with Crippen LogP contribution in [-0.2, 0) is 9.47 Å². The van der Waals surface area contributed by atoms with Gasteiger partial charge in [-0.15, -0.1) is 0 Å². The van der Waals surface area contributed by atoms with E-state index in [1.807, 2.05) is 36.4 Å². The van der Waals surface area contributed by atoms with Crippen molar-refractivity contribution in [1.29, 1.82) is 0 Å². The quantitative estimate of drug-likeness (QED) is 0.747. The van der Waals surface area contributed by atoms with Crippen LogP contribution in [0.25, 0.3) is 0 Å². The van der Waals surface area contributed by atoms with Crippen LogP contribution in [-0.4, -0.2) is 30.5 Å². The summed E-state index contributed by atoms with van der Waals surface area (Å²) in [5, 5.41) is 0. The lowest BCUT2D eigenvalue weighted by atomic mass is 9.96. The van der Waals surface area contributed by atoms with Crippen LogP contribution in [0, 0.1) is 0 Å². The summed E-state index contributed by atoms with van der Waals surface area (Å²) >= 11 is 0.